The Bertz CT molecular complexity index is 782. The first-order chi connectivity index (χ1) is 13.9. The van der Waals surface area contributed by atoms with Crippen LogP contribution in [0.1, 0.15) is 32.3 Å². The van der Waals surface area contributed by atoms with Crippen molar-refractivity contribution in [2.24, 2.45) is 11.7 Å². The van der Waals surface area contributed by atoms with Crippen molar-refractivity contribution in [1.29, 1.82) is 0 Å². The molecule has 158 valence electrons. The van der Waals surface area contributed by atoms with E-state index in [1.54, 1.807) is 13.0 Å². The molecule has 0 aromatic heterocycles. The summed E-state index contributed by atoms with van der Waals surface area (Å²) in [6.07, 6.45) is 1.73. The van der Waals surface area contributed by atoms with Gasteiger partial charge in [-0.3, -0.25) is 4.79 Å². The van der Waals surface area contributed by atoms with Crippen molar-refractivity contribution in [3.05, 3.63) is 58.9 Å². The summed E-state index contributed by atoms with van der Waals surface area (Å²) in [6.45, 7) is 5.18. The highest BCUT2D eigenvalue weighted by Gasteiger charge is 2.22. The lowest BCUT2D eigenvalue weighted by Crippen LogP contribution is -2.31. The normalized spacial score (nSPS) is 13.1. The van der Waals surface area contributed by atoms with E-state index in [9.17, 15) is 9.18 Å². The molecule has 4 nitrogen and oxygen atoms in total. The highest BCUT2D eigenvalue weighted by Crippen LogP contribution is 2.26. The largest absolute Gasteiger partial charge is 0.466 e. The van der Waals surface area contributed by atoms with E-state index in [0.717, 1.165) is 11.1 Å². The summed E-state index contributed by atoms with van der Waals surface area (Å²) in [5.74, 6) is -0.823. The first kappa shape index (κ1) is 23.3. The van der Waals surface area contributed by atoms with Gasteiger partial charge in [0.05, 0.1) is 12.5 Å². The molecule has 0 saturated heterocycles. The highest BCUT2D eigenvalue weighted by atomic mass is 35.5. The molecule has 6 heteroatoms. The number of carbonyl (C=O) groups is 1. The number of hydrogen-bond acceptors (Lipinski definition) is 4. The van der Waals surface area contributed by atoms with Crippen LogP contribution in [0.5, 0.6) is 0 Å². The average Bonchev–Trinajstić information content (AvgIpc) is 2.70. The van der Waals surface area contributed by atoms with Gasteiger partial charge in [0.15, 0.2) is 0 Å². The summed E-state index contributed by atoms with van der Waals surface area (Å²) in [4.78, 5) is 12.2. The minimum atomic E-state index is -0.314. The molecular weight excluding hydrogens is 393 g/mol. The number of hydrogen-bond donors (Lipinski definition) is 1. The highest BCUT2D eigenvalue weighted by molar-refractivity contribution is 6.30. The molecule has 2 atom stereocenters. The van der Waals surface area contributed by atoms with Gasteiger partial charge in [-0.05, 0) is 62.4 Å². The Balaban J connectivity index is 2.00. The Kier molecular flexibility index (Phi) is 9.58. The second-order valence-corrected chi connectivity index (χ2v) is 7.39. The van der Waals surface area contributed by atoms with E-state index in [0.29, 0.717) is 49.7 Å². The smallest absolute Gasteiger partial charge is 0.309 e. The SMILES string of the molecule is CCOCC[C@H](C[C@H](N)Cc1ccc(-c2cc(Cl)ccc2F)cc1)C(=O)OCC. The number of benzene rings is 2. The van der Waals surface area contributed by atoms with E-state index in [-0.39, 0.29) is 23.7 Å². The van der Waals surface area contributed by atoms with Crippen molar-refractivity contribution in [2.75, 3.05) is 19.8 Å². The fourth-order valence-electron chi connectivity index (χ4n) is 3.25. The van der Waals surface area contributed by atoms with E-state index in [4.69, 9.17) is 26.8 Å². The second-order valence-electron chi connectivity index (χ2n) is 6.96. The van der Waals surface area contributed by atoms with Crippen LogP contribution in [0.25, 0.3) is 11.1 Å². The number of carbonyl (C=O) groups excluding carboxylic acids is 1. The summed E-state index contributed by atoms with van der Waals surface area (Å²) >= 11 is 5.98. The first-order valence-electron chi connectivity index (χ1n) is 9.98. The van der Waals surface area contributed by atoms with Crippen molar-refractivity contribution in [2.45, 2.75) is 39.2 Å². The van der Waals surface area contributed by atoms with Gasteiger partial charge in [0.25, 0.3) is 0 Å². The quantitative estimate of drug-likeness (QED) is 0.409. The van der Waals surface area contributed by atoms with Crippen LogP contribution in [0.3, 0.4) is 0 Å². The molecule has 0 bridgehead atoms. The Morgan fingerprint density at radius 1 is 1.14 bits per heavy atom. The third-order valence-electron chi connectivity index (χ3n) is 4.71. The summed E-state index contributed by atoms with van der Waals surface area (Å²) in [5, 5.41) is 0.490. The van der Waals surface area contributed by atoms with E-state index < -0.39 is 0 Å². The minimum absolute atomic E-state index is 0.195. The first-order valence-corrected chi connectivity index (χ1v) is 10.4. The number of rotatable bonds is 11. The molecular formula is C23H29ClFNO3. The molecule has 0 amide bonds. The van der Waals surface area contributed by atoms with Crippen LogP contribution in [0.2, 0.25) is 5.02 Å². The van der Waals surface area contributed by atoms with Crippen LogP contribution in [-0.4, -0.2) is 31.8 Å². The molecule has 0 unspecified atom stereocenters. The van der Waals surface area contributed by atoms with E-state index >= 15 is 0 Å². The molecule has 0 heterocycles. The molecule has 0 spiro atoms. The molecule has 2 aromatic carbocycles. The summed E-state index contributed by atoms with van der Waals surface area (Å²) in [6, 6.07) is 11.9. The number of halogens is 2. The van der Waals surface area contributed by atoms with Crippen molar-refractivity contribution in [3.8, 4) is 11.1 Å². The van der Waals surface area contributed by atoms with Crippen molar-refractivity contribution < 1.29 is 18.7 Å². The maximum absolute atomic E-state index is 14.0. The number of esters is 1. The average molecular weight is 422 g/mol. The lowest BCUT2D eigenvalue weighted by Gasteiger charge is -2.20. The molecule has 0 aliphatic heterocycles. The van der Waals surface area contributed by atoms with Crippen LogP contribution < -0.4 is 5.73 Å². The van der Waals surface area contributed by atoms with Gasteiger partial charge in [-0.25, -0.2) is 4.39 Å². The zero-order valence-corrected chi connectivity index (χ0v) is 17.8. The second kappa shape index (κ2) is 11.9. The molecule has 29 heavy (non-hydrogen) atoms. The summed E-state index contributed by atoms with van der Waals surface area (Å²) < 4.78 is 24.6. The predicted molar refractivity (Wildman–Crippen MR) is 114 cm³/mol. The van der Waals surface area contributed by atoms with Gasteiger partial charge in [0.2, 0.25) is 0 Å². The van der Waals surface area contributed by atoms with Crippen LogP contribution >= 0.6 is 11.6 Å². The Morgan fingerprint density at radius 3 is 2.52 bits per heavy atom. The van der Waals surface area contributed by atoms with Gasteiger partial charge in [0, 0.05) is 29.8 Å². The predicted octanol–water partition coefficient (Wildman–Crippen LogP) is 5.01. The Labute approximate surface area is 177 Å². The third-order valence-corrected chi connectivity index (χ3v) is 4.95. The van der Waals surface area contributed by atoms with Gasteiger partial charge in [0.1, 0.15) is 5.82 Å². The van der Waals surface area contributed by atoms with E-state index in [2.05, 4.69) is 0 Å². The lowest BCUT2D eigenvalue weighted by atomic mass is 9.93. The molecule has 0 aliphatic carbocycles. The Hall–Kier alpha value is -1.95. The maximum Gasteiger partial charge on any atom is 0.309 e. The molecule has 2 rings (SSSR count). The van der Waals surface area contributed by atoms with Crippen molar-refractivity contribution >= 4 is 17.6 Å². The summed E-state index contributed by atoms with van der Waals surface area (Å²) in [5.41, 5.74) is 8.55. The molecule has 0 aliphatic rings. The Morgan fingerprint density at radius 2 is 1.86 bits per heavy atom. The fraction of sp³-hybridized carbons (Fsp3) is 0.435. The van der Waals surface area contributed by atoms with Gasteiger partial charge >= 0.3 is 5.97 Å². The third kappa shape index (κ3) is 7.42. The molecule has 0 radical (unpaired) electrons. The van der Waals surface area contributed by atoms with Gasteiger partial charge < -0.3 is 15.2 Å². The van der Waals surface area contributed by atoms with Gasteiger partial charge in [-0.2, -0.15) is 0 Å². The zero-order valence-electron chi connectivity index (χ0n) is 17.0. The van der Waals surface area contributed by atoms with E-state index in [1.165, 1.54) is 12.1 Å². The summed E-state index contributed by atoms with van der Waals surface area (Å²) in [7, 11) is 0. The topological polar surface area (TPSA) is 61.5 Å². The van der Waals surface area contributed by atoms with E-state index in [1.807, 2.05) is 31.2 Å². The van der Waals surface area contributed by atoms with Crippen LogP contribution in [0.4, 0.5) is 4.39 Å². The van der Waals surface area contributed by atoms with Crippen LogP contribution in [0.15, 0.2) is 42.5 Å². The lowest BCUT2D eigenvalue weighted by molar-refractivity contribution is -0.149. The standard InChI is InChI=1S/C23H29ClFNO3/c1-3-28-12-11-18(23(27)29-4-2)14-20(26)13-16-5-7-17(8-6-16)21-15-19(24)9-10-22(21)25/h5-10,15,18,20H,3-4,11-14,26H2,1-2H3/t18-,20-/m1/s1. The monoisotopic (exact) mass is 421 g/mol. The van der Waals surface area contributed by atoms with Crippen LogP contribution in [0, 0.1) is 11.7 Å². The molecule has 0 saturated carbocycles. The molecule has 2 N–H and O–H groups in total. The van der Waals surface area contributed by atoms with Gasteiger partial charge in [-0.1, -0.05) is 35.9 Å². The van der Waals surface area contributed by atoms with Crippen molar-refractivity contribution in [1.82, 2.24) is 0 Å². The molecule has 2 aromatic rings. The van der Waals surface area contributed by atoms with Crippen LogP contribution in [-0.2, 0) is 20.7 Å². The number of ether oxygens (including phenoxy) is 2. The molecule has 0 fully saturated rings. The fourth-order valence-corrected chi connectivity index (χ4v) is 3.42. The number of nitrogens with two attached hydrogens (primary N) is 1. The van der Waals surface area contributed by atoms with Gasteiger partial charge in [-0.15, -0.1) is 0 Å². The minimum Gasteiger partial charge on any atom is -0.466 e. The van der Waals surface area contributed by atoms with Crippen molar-refractivity contribution in [3.63, 3.8) is 0 Å². The zero-order chi connectivity index (χ0) is 21.2. The maximum atomic E-state index is 14.0.